The number of halogens is 1. The van der Waals surface area contributed by atoms with E-state index in [4.69, 9.17) is 5.26 Å². The summed E-state index contributed by atoms with van der Waals surface area (Å²) in [6.45, 7) is 4.57. The van der Waals surface area contributed by atoms with E-state index in [0.717, 1.165) is 12.8 Å². The third-order valence-electron chi connectivity index (χ3n) is 3.80. The highest BCUT2D eigenvalue weighted by molar-refractivity contribution is 5.49. The Hall–Kier alpha value is -1.56. The third-order valence-corrected chi connectivity index (χ3v) is 3.80. The summed E-state index contributed by atoms with van der Waals surface area (Å²) in [6, 6.07) is 6.89. The zero-order valence-electron chi connectivity index (χ0n) is 11.0. The first-order valence-electron chi connectivity index (χ1n) is 6.46. The molecule has 0 amide bonds. The standard InChI is InChI=1S/C15H19FN2/c1-15(2)7-5-12(6-8-15)18-14-4-3-11(10-17)9-13(14)16/h3-4,9,12,18H,5-8H2,1-2H3. The zero-order valence-corrected chi connectivity index (χ0v) is 11.0. The Kier molecular flexibility index (Phi) is 3.56. The van der Waals surface area contributed by atoms with E-state index >= 15 is 0 Å². The molecule has 0 bridgehead atoms. The number of rotatable bonds is 2. The Morgan fingerprint density at radius 3 is 2.56 bits per heavy atom. The van der Waals surface area contributed by atoms with Gasteiger partial charge < -0.3 is 5.32 Å². The van der Waals surface area contributed by atoms with Gasteiger partial charge >= 0.3 is 0 Å². The second-order valence-corrected chi connectivity index (χ2v) is 5.89. The zero-order chi connectivity index (χ0) is 13.2. The highest BCUT2D eigenvalue weighted by Gasteiger charge is 2.26. The molecular formula is C15H19FN2. The van der Waals surface area contributed by atoms with Crippen LogP contribution >= 0.6 is 0 Å². The molecule has 2 rings (SSSR count). The van der Waals surface area contributed by atoms with Gasteiger partial charge in [0, 0.05) is 6.04 Å². The lowest BCUT2D eigenvalue weighted by Crippen LogP contribution is -2.30. The van der Waals surface area contributed by atoms with Gasteiger partial charge in [-0.3, -0.25) is 0 Å². The fraction of sp³-hybridized carbons (Fsp3) is 0.533. The lowest BCUT2D eigenvalue weighted by Gasteiger charge is -2.35. The van der Waals surface area contributed by atoms with Crippen LogP contribution in [0.3, 0.4) is 0 Å². The molecule has 3 heteroatoms. The first-order valence-corrected chi connectivity index (χ1v) is 6.46. The summed E-state index contributed by atoms with van der Waals surface area (Å²) in [5.74, 6) is -0.334. The molecule has 0 aromatic heterocycles. The Morgan fingerprint density at radius 2 is 2.00 bits per heavy atom. The van der Waals surface area contributed by atoms with E-state index in [9.17, 15) is 4.39 Å². The molecule has 2 nitrogen and oxygen atoms in total. The minimum Gasteiger partial charge on any atom is -0.380 e. The van der Waals surface area contributed by atoms with Crippen LogP contribution in [-0.2, 0) is 0 Å². The number of nitrogens with zero attached hydrogens (tertiary/aromatic N) is 1. The van der Waals surface area contributed by atoms with E-state index in [1.807, 2.05) is 6.07 Å². The number of benzene rings is 1. The van der Waals surface area contributed by atoms with Crippen molar-refractivity contribution >= 4 is 5.69 Å². The Bertz CT molecular complexity index is 464. The van der Waals surface area contributed by atoms with E-state index < -0.39 is 0 Å². The van der Waals surface area contributed by atoms with Gasteiger partial charge in [0.05, 0.1) is 17.3 Å². The topological polar surface area (TPSA) is 35.8 Å². The fourth-order valence-electron chi connectivity index (χ4n) is 2.47. The normalized spacial score (nSPS) is 19.2. The van der Waals surface area contributed by atoms with Crippen molar-refractivity contribution in [1.29, 1.82) is 5.26 Å². The van der Waals surface area contributed by atoms with E-state index in [0.29, 0.717) is 22.7 Å². The van der Waals surface area contributed by atoms with Crippen LogP contribution in [0.5, 0.6) is 0 Å². The average Bonchev–Trinajstić information content (AvgIpc) is 2.34. The second kappa shape index (κ2) is 4.97. The lowest BCUT2D eigenvalue weighted by molar-refractivity contribution is 0.232. The van der Waals surface area contributed by atoms with Crippen molar-refractivity contribution in [2.24, 2.45) is 5.41 Å². The maximum absolute atomic E-state index is 13.7. The van der Waals surface area contributed by atoms with E-state index in [2.05, 4.69) is 19.2 Å². The molecule has 1 aromatic rings. The molecule has 18 heavy (non-hydrogen) atoms. The molecule has 0 unspecified atom stereocenters. The van der Waals surface area contributed by atoms with Crippen LogP contribution in [0.4, 0.5) is 10.1 Å². The van der Waals surface area contributed by atoms with Crippen molar-refractivity contribution in [3.63, 3.8) is 0 Å². The number of anilines is 1. The van der Waals surface area contributed by atoms with Crippen LogP contribution in [0.25, 0.3) is 0 Å². The summed E-state index contributed by atoms with van der Waals surface area (Å²) in [5, 5.41) is 11.9. The molecule has 0 spiro atoms. The predicted octanol–water partition coefficient (Wildman–Crippen LogP) is 4.08. The van der Waals surface area contributed by atoms with Gasteiger partial charge in [0.15, 0.2) is 0 Å². The van der Waals surface area contributed by atoms with Crippen LogP contribution in [0.2, 0.25) is 0 Å². The first-order chi connectivity index (χ1) is 8.50. The summed E-state index contributed by atoms with van der Waals surface area (Å²) < 4.78 is 13.7. The van der Waals surface area contributed by atoms with Crippen molar-refractivity contribution in [2.45, 2.75) is 45.6 Å². The quantitative estimate of drug-likeness (QED) is 0.853. The molecule has 0 heterocycles. The maximum Gasteiger partial charge on any atom is 0.147 e. The van der Waals surface area contributed by atoms with Crippen molar-refractivity contribution in [1.82, 2.24) is 0 Å². The summed E-state index contributed by atoms with van der Waals surface area (Å²) in [6.07, 6.45) is 4.49. The van der Waals surface area contributed by atoms with Gasteiger partial charge in [-0.25, -0.2) is 4.39 Å². The molecular weight excluding hydrogens is 227 g/mol. The molecule has 1 aliphatic carbocycles. The molecule has 96 valence electrons. The van der Waals surface area contributed by atoms with Gasteiger partial charge in [0.25, 0.3) is 0 Å². The molecule has 0 atom stereocenters. The molecule has 1 aromatic carbocycles. The van der Waals surface area contributed by atoms with Gasteiger partial charge in [-0.15, -0.1) is 0 Å². The van der Waals surface area contributed by atoms with E-state index in [1.54, 1.807) is 12.1 Å². The average molecular weight is 246 g/mol. The minimum atomic E-state index is -0.334. The SMILES string of the molecule is CC1(C)CCC(Nc2ccc(C#N)cc2F)CC1. The highest BCUT2D eigenvalue weighted by atomic mass is 19.1. The van der Waals surface area contributed by atoms with E-state index in [1.165, 1.54) is 18.9 Å². The molecule has 0 saturated heterocycles. The van der Waals surface area contributed by atoms with Crippen molar-refractivity contribution in [3.8, 4) is 6.07 Å². The van der Waals surface area contributed by atoms with Crippen LogP contribution in [0.15, 0.2) is 18.2 Å². The van der Waals surface area contributed by atoms with Crippen LogP contribution in [-0.4, -0.2) is 6.04 Å². The monoisotopic (exact) mass is 246 g/mol. The largest absolute Gasteiger partial charge is 0.380 e. The summed E-state index contributed by atoms with van der Waals surface area (Å²) >= 11 is 0. The molecule has 1 N–H and O–H groups in total. The number of hydrogen-bond donors (Lipinski definition) is 1. The van der Waals surface area contributed by atoms with Crippen LogP contribution < -0.4 is 5.32 Å². The number of hydrogen-bond acceptors (Lipinski definition) is 2. The number of nitriles is 1. The van der Waals surface area contributed by atoms with Gasteiger partial charge in [0.2, 0.25) is 0 Å². The summed E-state index contributed by atoms with van der Waals surface area (Å²) in [4.78, 5) is 0. The molecule has 1 aliphatic rings. The van der Waals surface area contributed by atoms with Crippen LogP contribution in [0.1, 0.15) is 45.1 Å². The van der Waals surface area contributed by atoms with Crippen LogP contribution in [0, 0.1) is 22.6 Å². The second-order valence-electron chi connectivity index (χ2n) is 5.89. The van der Waals surface area contributed by atoms with Gasteiger partial charge in [0.1, 0.15) is 5.82 Å². The van der Waals surface area contributed by atoms with Gasteiger partial charge in [-0.05, 0) is 49.3 Å². The van der Waals surface area contributed by atoms with Gasteiger partial charge in [-0.2, -0.15) is 5.26 Å². The molecule has 0 radical (unpaired) electrons. The van der Waals surface area contributed by atoms with Crippen molar-refractivity contribution in [3.05, 3.63) is 29.6 Å². The molecule has 1 fully saturated rings. The smallest absolute Gasteiger partial charge is 0.147 e. The predicted molar refractivity (Wildman–Crippen MR) is 70.8 cm³/mol. The highest BCUT2D eigenvalue weighted by Crippen LogP contribution is 2.36. The summed E-state index contributed by atoms with van der Waals surface area (Å²) in [5.41, 5.74) is 1.29. The Balaban J connectivity index is 2.01. The Labute approximate surface area is 108 Å². The van der Waals surface area contributed by atoms with Gasteiger partial charge in [-0.1, -0.05) is 13.8 Å². The van der Waals surface area contributed by atoms with Crippen molar-refractivity contribution < 1.29 is 4.39 Å². The Morgan fingerprint density at radius 1 is 1.33 bits per heavy atom. The fourth-order valence-corrected chi connectivity index (χ4v) is 2.47. The maximum atomic E-state index is 13.7. The van der Waals surface area contributed by atoms with Crippen molar-refractivity contribution in [2.75, 3.05) is 5.32 Å². The molecule has 1 saturated carbocycles. The van der Waals surface area contributed by atoms with E-state index in [-0.39, 0.29) is 5.82 Å². The minimum absolute atomic E-state index is 0.334. The number of nitrogens with one attached hydrogen (secondary N) is 1. The third kappa shape index (κ3) is 3.01. The lowest BCUT2D eigenvalue weighted by atomic mass is 9.75. The summed E-state index contributed by atoms with van der Waals surface area (Å²) in [7, 11) is 0. The molecule has 0 aliphatic heterocycles. The first kappa shape index (κ1) is 12.9.